The Labute approximate surface area is 98.3 Å². The van der Waals surface area contributed by atoms with Crippen LogP contribution in [0.1, 0.15) is 13.3 Å². The molecule has 0 atom stereocenters. The highest BCUT2D eigenvalue weighted by Crippen LogP contribution is 2.28. The van der Waals surface area contributed by atoms with Crippen LogP contribution in [0, 0.1) is 0 Å². The Morgan fingerprint density at radius 2 is 2.31 bits per heavy atom. The van der Waals surface area contributed by atoms with Gasteiger partial charge in [-0.1, -0.05) is 6.92 Å². The van der Waals surface area contributed by atoms with E-state index >= 15 is 0 Å². The second-order valence-electron chi connectivity index (χ2n) is 3.58. The van der Waals surface area contributed by atoms with Crippen LogP contribution in [0.2, 0.25) is 0 Å². The third-order valence-electron chi connectivity index (χ3n) is 2.35. The monoisotopic (exact) mass is 237 g/mol. The number of hydrogen-bond donors (Lipinski definition) is 2. The van der Waals surface area contributed by atoms with Crippen LogP contribution in [-0.2, 0) is 0 Å². The van der Waals surface area contributed by atoms with Gasteiger partial charge >= 0.3 is 0 Å². The average molecular weight is 237 g/mol. The van der Waals surface area contributed by atoms with Gasteiger partial charge in [0, 0.05) is 13.6 Å². The fourth-order valence-electron chi connectivity index (χ4n) is 1.64. The van der Waals surface area contributed by atoms with Crippen molar-refractivity contribution in [3.05, 3.63) is 11.4 Å². The van der Waals surface area contributed by atoms with E-state index in [1.54, 1.807) is 11.3 Å². The molecule has 0 radical (unpaired) electrons. The lowest BCUT2D eigenvalue weighted by molar-refractivity contribution is 0.840. The Hall–Kier alpha value is -1.40. The van der Waals surface area contributed by atoms with Crippen LogP contribution in [0.15, 0.2) is 11.4 Å². The second-order valence-corrected chi connectivity index (χ2v) is 4.47. The first kappa shape index (κ1) is 11.1. The van der Waals surface area contributed by atoms with Gasteiger partial charge in [0.1, 0.15) is 10.6 Å². The summed E-state index contributed by atoms with van der Waals surface area (Å²) in [4.78, 5) is 11.8. The molecule has 0 bridgehead atoms. The molecule has 2 heterocycles. The van der Waals surface area contributed by atoms with Gasteiger partial charge in [-0.2, -0.15) is 4.98 Å². The summed E-state index contributed by atoms with van der Waals surface area (Å²) in [5.74, 6) is 6.76. The van der Waals surface area contributed by atoms with Crippen LogP contribution in [0.5, 0.6) is 0 Å². The SMILES string of the molecule is CCCN(C)c1nc(NN)nc2sccc12. The van der Waals surface area contributed by atoms with Crippen molar-refractivity contribution in [3.63, 3.8) is 0 Å². The number of thiophene rings is 1. The van der Waals surface area contributed by atoms with E-state index in [9.17, 15) is 0 Å². The molecule has 2 rings (SSSR count). The summed E-state index contributed by atoms with van der Waals surface area (Å²) in [6.45, 7) is 3.11. The molecule has 5 nitrogen and oxygen atoms in total. The molecule has 0 spiro atoms. The van der Waals surface area contributed by atoms with Gasteiger partial charge in [-0.05, 0) is 17.9 Å². The molecule has 16 heavy (non-hydrogen) atoms. The van der Waals surface area contributed by atoms with Gasteiger partial charge in [-0.25, -0.2) is 10.8 Å². The number of anilines is 2. The van der Waals surface area contributed by atoms with Crippen LogP contribution < -0.4 is 16.2 Å². The largest absolute Gasteiger partial charge is 0.359 e. The molecule has 0 aromatic carbocycles. The number of rotatable bonds is 4. The van der Waals surface area contributed by atoms with Crippen LogP contribution in [0.4, 0.5) is 11.8 Å². The van der Waals surface area contributed by atoms with E-state index < -0.39 is 0 Å². The van der Waals surface area contributed by atoms with Crippen molar-refractivity contribution >= 4 is 33.3 Å². The smallest absolute Gasteiger partial charge is 0.240 e. The van der Waals surface area contributed by atoms with Gasteiger partial charge in [-0.15, -0.1) is 11.3 Å². The summed E-state index contributed by atoms with van der Waals surface area (Å²) >= 11 is 1.59. The van der Waals surface area contributed by atoms with Crippen molar-refractivity contribution in [2.75, 3.05) is 23.9 Å². The molecule has 6 heteroatoms. The first-order chi connectivity index (χ1) is 7.76. The van der Waals surface area contributed by atoms with Crippen molar-refractivity contribution < 1.29 is 0 Å². The topological polar surface area (TPSA) is 67.1 Å². The second kappa shape index (κ2) is 4.63. The Balaban J connectivity index is 2.51. The number of nitrogens with two attached hydrogens (primary N) is 1. The van der Waals surface area contributed by atoms with Crippen molar-refractivity contribution in [1.82, 2.24) is 9.97 Å². The molecule has 2 aromatic rings. The standard InChI is InChI=1S/C10H15N5S/c1-3-5-15(2)8-7-4-6-16-9(7)13-10(12-8)14-11/h4,6H,3,5,11H2,1-2H3,(H,12,13,14). The Morgan fingerprint density at radius 3 is 3.00 bits per heavy atom. The minimum Gasteiger partial charge on any atom is -0.359 e. The molecular formula is C10H15N5S. The van der Waals surface area contributed by atoms with Crippen molar-refractivity contribution in [2.24, 2.45) is 5.84 Å². The quantitative estimate of drug-likeness (QED) is 0.627. The number of nitrogen functional groups attached to an aromatic ring is 1. The fraction of sp³-hybridized carbons (Fsp3) is 0.400. The highest BCUT2D eigenvalue weighted by molar-refractivity contribution is 7.16. The number of nitrogens with one attached hydrogen (secondary N) is 1. The predicted octanol–water partition coefficient (Wildman–Crippen LogP) is 1.82. The maximum absolute atomic E-state index is 5.36. The minimum absolute atomic E-state index is 0.466. The molecule has 0 unspecified atom stereocenters. The first-order valence-corrected chi connectivity index (χ1v) is 6.07. The van der Waals surface area contributed by atoms with E-state index in [4.69, 9.17) is 5.84 Å². The zero-order chi connectivity index (χ0) is 11.5. The number of fused-ring (bicyclic) bond motifs is 1. The lowest BCUT2D eigenvalue weighted by Crippen LogP contribution is -2.21. The average Bonchev–Trinajstić information content (AvgIpc) is 2.75. The Morgan fingerprint density at radius 1 is 1.50 bits per heavy atom. The van der Waals surface area contributed by atoms with Crippen LogP contribution in [0.25, 0.3) is 10.2 Å². The van der Waals surface area contributed by atoms with Gasteiger partial charge in [0.05, 0.1) is 5.39 Å². The van der Waals surface area contributed by atoms with E-state index in [0.29, 0.717) is 5.95 Å². The van der Waals surface area contributed by atoms with Crippen molar-refractivity contribution in [3.8, 4) is 0 Å². The minimum atomic E-state index is 0.466. The maximum Gasteiger partial charge on any atom is 0.240 e. The van der Waals surface area contributed by atoms with E-state index in [0.717, 1.165) is 29.0 Å². The van der Waals surface area contributed by atoms with E-state index in [-0.39, 0.29) is 0 Å². The van der Waals surface area contributed by atoms with Crippen LogP contribution >= 0.6 is 11.3 Å². The number of aromatic nitrogens is 2. The molecule has 3 N–H and O–H groups in total. The number of hydrazine groups is 1. The van der Waals surface area contributed by atoms with Crippen LogP contribution in [-0.4, -0.2) is 23.6 Å². The molecule has 0 amide bonds. The molecule has 0 saturated heterocycles. The summed E-state index contributed by atoms with van der Waals surface area (Å²) in [6, 6.07) is 2.04. The molecule has 0 aliphatic heterocycles. The van der Waals surface area contributed by atoms with Gasteiger partial charge < -0.3 is 4.90 Å². The third kappa shape index (κ3) is 1.94. The van der Waals surface area contributed by atoms with Crippen molar-refractivity contribution in [1.29, 1.82) is 0 Å². The van der Waals surface area contributed by atoms with Gasteiger partial charge in [0.15, 0.2) is 0 Å². The molecule has 0 saturated carbocycles. The molecule has 0 fully saturated rings. The normalized spacial score (nSPS) is 10.7. The van der Waals surface area contributed by atoms with E-state index in [2.05, 4.69) is 27.2 Å². The van der Waals surface area contributed by atoms with Gasteiger partial charge in [0.2, 0.25) is 5.95 Å². The highest BCUT2D eigenvalue weighted by atomic mass is 32.1. The summed E-state index contributed by atoms with van der Waals surface area (Å²) < 4.78 is 0. The molecule has 86 valence electrons. The summed E-state index contributed by atoms with van der Waals surface area (Å²) in [7, 11) is 2.03. The summed E-state index contributed by atoms with van der Waals surface area (Å²) in [5, 5.41) is 3.10. The Bertz CT molecular complexity index is 481. The zero-order valence-corrected chi connectivity index (χ0v) is 10.2. The van der Waals surface area contributed by atoms with E-state index in [1.165, 1.54) is 0 Å². The summed E-state index contributed by atoms with van der Waals surface area (Å²) in [6.07, 6.45) is 1.08. The Kier molecular flexibility index (Phi) is 3.21. The molecular weight excluding hydrogens is 222 g/mol. The number of nitrogens with zero attached hydrogens (tertiary/aromatic N) is 3. The van der Waals surface area contributed by atoms with E-state index in [1.807, 2.05) is 18.5 Å². The molecule has 2 aromatic heterocycles. The first-order valence-electron chi connectivity index (χ1n) is 5.19. The lowest BCUT2D eigenvalue weighted by atomic mass is 10.3. The number of hydrogen-bond acceptors (Lipinski definition) is 6. The molecule has 0 aliphatic carbocycles. The zero-order valence-electron chi connectivity index (χ0n) is 9.40. The summed E-state index contributed by atoms with van der Waals surface area (Å²) in [5.41, 5.74) is 2.50. The van der Waals surface area contributed by atoms with Crippen molar-refractivity contribution in [2.45, 2.75) is 13.3 Å². The lowest BCUT2D eigenvalue weighted by Gasteiger charge is -2.18. The molecule has 0 aliphatic rings. The predicted molar refractivity (Wildman–Crippen MR) is 68.8 cm³/mol. The van der Waals surface area contributed by atoms with Gasteiger partial charge in [0.25, 0.3) is 0 Å². The highest BCUT2D eigenvalue weighted by Gasteiger charge is 2.11. The third-order valence-corrected chi connectivity index (χ3v) is 3.16. The van der Waals surface area contributed by atoms with Gasteiger partial charge in [-0.3, -0.25) is 5.43 Å². The fourth-order valence-corrected chi connectivity index (χ4v) is 2.40. The maximum atomic E-state index is 5.36. The van der Waals surface area contributed by atoms with Crippen LogP contribution in [0.3, 0.4) is 0 Å².